The number of nitrogens with zero attached hydrogens (tertiary/aromatic N) is 4. The van der Waals surface area contributed by atoms with Gasteiger partial charge in [0, 0.05) is 77.0 Å². The normalized spacial score (nSPS) is 12.2. The van der Waals surface area contributed by atoms with Crippen molar-refractivity contribution in [2.75, 3.05) is 0 Å². The van der Waals surface area contributed by atoms with Crippen LogP contribution >= 0.6 is 0 Å². The van der Waals surface area contributed by atoms with Gasteiger partial charge in [-0.25, -0.2) is 0 Å². The van der Waals surface area contributed by atoms with E-state index in [-0.39, 0.29) is 0 Å². The highest BCUT2D eigenvalue weighted by Crippen LogP contribution is 2.44. The third-order valence-corrected chi connectivity index (χ3v) is 15.1. The fourth-order valence-corrected chi connectivity index (χ4v) is 12.2. The lowest BCUT2D eigenvalue weighted by Gasteiger charge is -2.12. The van der Waals surface area contributed by atoms with Gasteiger partial charge in [0.2, 0.25) is 0 Å². The molecule has 0 amide bonds. The second-order valence-corrected chi connectivity index (χ2v) is 18.8. The Bertz CT molecular complexity index is 4830. The molecule has 0 aliphatic carbocycles. The molecule has 5 heterocycles. The summed E-state index contributed by atoms with van der Waals surface area (Å²) in [6.07, 6.45) is 0. The lowest BCUT2D eigenvalue weighted by atomic mass is 9.98. The largest absolute Gasteiger partial charge is 0.456 e. The fourth-order valence-electron chi connectivity index (χ4n) is 12.2. The number of furan rings is 1. The van der Waals surface area contributed by atoms with Gasteiger partial charge in [-0.1, -0.05) is 140 Å². The molecular weight excluding hydrogens is 865 g/mol. The first-order chi connectivity index (χ1) is 35.2. The number of hydrogen-bond acceptors (Lipinski definition) is 1. The van der Waals surface area contributed by atoms with Crippen molar-refractivity contribution in [2.45, 2.75) is 0 Å². The summed E-state index contributed by atoms with van der Waals surface area (Å²) in [5.41, 5.74) is 17.9. The van der Waals surface area contributed by atoms with Gasteiger partial charge in [0.25, 0.3) is 0 Å². The van der Waals surface area contributed by atoms with Crippen LogP contribution in [-0.4, -0.2) is 18.3 Å². The molecule has 0 saturated heterocycles. The van der Waals surface area contributed by atoms with Crippen LogP contribution in [0.25, 0.3) is 143 Å². The number of benzene rings is 11. The lowest BCUT2D eigenvalue weighted by Crippen LogP contribution is -1.96. The third-order valence-electron chi connectivity index (χ3n) is 15.1. The maximum absolute atomic E-state index is 6.86. The Morgan fingerprint density at radius 2 is 0.732 bits per heavy atom. The van der Waals surface area contributed by atoms with E-state index in [1.165, 1.54) is 70.7 Å². The van der Waals surface area contributed by atoms with Gasteiger partial charge in [-0.15, -0.1) is 0 Å². The molecule has 0 aliphatic rings. The zero-order valence-corrected chi connectivity index (χ0v) is 38.3. The summed E-state index contributed by atoms with van der Waals surface area (Å²) >= 11 is 0. The van der Waals surface area contributed by atoms with Crippen molar-refractivity contribution in [2.24, 2.45) is 0 Å². The predicted molar refractivity (Wildman–Crippen MR) is 297 cm³/mol. The molecular formula is C66H40N4O. The van der Waals surface area contributed by atoms with E-state index in [2.05, 4.69) is 261 Å². The predicted octanol–water partition coefficient (Wildman–Crippen LogP) is 17.6. The topological polar surface area (TPSA) is 32.9 Å². The van der Waals surface area contributed by atoms with E-state index in [1.807, 2.05) is 0 Å². The van der Waals surface area contributed by atoms with Crippen LogP contribution in [-0.2, 0) is 0 Å². The Kier molecular flexibility index (Phi) is 7.82. The minimum Gasteiger partial charge on any atom is -0.456 e. The monoisotopic (exact) mass is 904 g/mol. The maximum Gasteiger partial charge on any atom is 0.137 e. The van der Waals surface area contributed by atoms with Gasteiger partial charge in [-0.2, -0.15) is 0 Å². The lowest BCUT2D eigenvalue weighted by molar-refractivity contribution is 0.668. The van der Waals surface area contributed by atoms with Crippen molar-refractivity contribution in [3.8, 4) is 33.9 Å². The minimum absolute atomic E-state index is 0.856. The Morgan fingerprint density at radius 1 is 0.239 bits per heavy atom. The second-order valence-electron chi connectivity index (χ2n) is 18.8. The van der Waals surface area contributed by atoms with Crippen molar-refractivity contribution in [1.82, 2.24) is 18.3 Å². The molecule has 0 fully saturated rings. The first kappa shape index (κ1) is 38.4. The Labute approximate surface area is 406 Å². The van der Waals surface area contributed by atoms with E-state index in [9.17, 15) is 0 Å². The molecule has 0 radical (unpaired) electrons. The summed E-state index contributed by atoms with van der Waals surface area (Å²) in [6, 6.07) is 88.4. The standard InChI is InChI=1S/C66H40N4O/c1-2-16-42(17-3-1)67-58-28-13-8-22-51(58)66-60(67)29-15-30-61(66)70-57-27-12-6-20-48(57)50-35-32-41(38-62(50)70)45-23-14-31-63-65(45)52-36-33-44(40-64(52)71-63)69-56-26-11-7-21-49(56)53-39-43(34-37-59(53)69)68-54-24-9-4-18-46(54)47-19-5-10-25-55(47)68/h1-40H. The molecule has 5 aromatic heterocycles. The van der Waals surface area contributed by atoms with Crippen LogP contribution in [0.5, 0.6) is 0 Å². The highest BCUT2D eigenvalue weighted by molar-refractivity contribution is 6.19. The molecule has 5 heteroatoms. The SMILES string of the molecule is c1ccc(-n2c3ccccc3c3c(-n4c5ccccc5c5ccc(-c6cccc7oc8cc(-n9c%10ccccc%10c%10cc(-n%11c%12ccccc%12c%12ccccc%12%11)ccc%109)ccc8c67)cc54)cccc32)cc1. The molecule has 0 saturated carbocycles. The van der Waals surface area contributed by atoms with Crippen molar-refractivity contribution in [3.05, 3.63) is 243 Å². The number of fused-ring (bicyclic) bond motifs is 15. The van der Waals surface area contributed by atoms with Crippen LogP contribution in [0.1, 0.15) is 0 Å². The van der Waals surface area contributed by atoms with E-state index in [4.69, 9.17) is 4.42 Å². The van der Waals surface area contributed by atoms with Crippen LogP contribution in [0.4, 0.5) is 0 Å². The summed E-state index contributed by atoms with van der Waals surface area (Å²) in [7, 11) is 0. The quantitative estimate of drug-likeness (QED) is 0.169. The molecule has 16 aromatic rings. The van der Waals surface area contributed by atoms with Crippen molar-refractivity contribution < 1.29 is 4.42 Å². The Hall–Kier alpha value is -9.58. The number of aromatic nitrogens is 4. The molecule has 0 spiro atoms. The van der Waals surface area contributed by atoms with Crippen LogP contribution in [0, 0.1) is 0 Å². The van der Waals surface area contributed by atoms with Crippen LogP contribution in [0.3, 0.4) is 0 Å². The number of para-hydroxylation sites is 6. The molecule has 16 rings (SSSR count). The first-order valence-electron chi connectivity index (χ1n) is 24.3. The molecule has 0 bridgehead atoms. The van der Waals surface area contributed by atoms with Crippen LogP contribution < -0.4 is 0 Å². The van der Waals surface area contributed by atoms with Gasteiger partial charge in [0.05, 0.1) is 49.8 Å². The van der Waals surface area contributed by atoms with E-state index < -0.39 is 0 Å². The van der Waals surface area contributed by atoms with Gasteiger partial charge < -0.3 is 22.7 Å². The molecule has 71 heavy (non-hydrogen) atoms. The third kappa shape index (κ3) is 5.34. The summed E-state index contributed by atoms with van der Waals surface area (Å²) < 4.78 is 16.5. The summed E-state index contributed by atoms with van der Waals surface area (Å²) in [5, 5.41) is 12.0. The number of hydrogen-bond donors (Lipinski definition) is 0. The van der Waals surface area contributed by atoms with Gasteiger partial charge in [-0.05, 0) is 108 Å². The van der Waals surface area contributed by atoms with Gasteiger partial charge in [0.15, 0.2) is 0 Å². The van der Waals surface area contributed by atoms with E-state index in [0.29, 0.717) is 0 Å². The number of rotatable bonds is 5. The molecule has 0 unspecified atom stereocenters. The molecule has 0 N–H and O–H groups in total. The molecule has 5 nitrogen and oxygen atoms in total. The zero-order valence-electron chi connectivity index (χ0n) is 38.3. The van der Waals surface area contributed by atoms with Gasteiger partial charge in [0.1, 0.15) is 11.2 Å². The molecule has 11 aromatic carbocycles. The first-order valence-corrected chi connectivity index (χ1v) is 24.3. The van der Waals surface area contributed by atoms with E-state index in [0.717, 1.165) is 72.4 Å². The maximum atomic E-state index is 6.86. The Balaban J connectivity index is 0.867. The highest BCUT2D eigenvalue weighted by Gasteiger charge is 2.22. The molecule has 0 aliphatic heterocycles. The average Bonchev–Trinajstić information content (AvgIpc) is 4.23. The van der Waals surface area contributed by atoms with Crippen molar-refractivity contribution in [3.63, 3.8) is 0 Å². The molecule has 330 valence electrons. The Morgan fingerprint density at radius 3 is 1.42 bits per heavy atom. The average molecular weight is 905 g/mol. The zero-order chi connectivity index (χ0) is 46.3. The fraction of sp³-hybridized carbons (Fsp3) is 0. The smallest absolute Gasteiger partial charge is 0.137 e. The van der Waals surface area contributed by atoms with Gasteiger partial charge in [-0.3, -0.25) is 0 Å². The van der Waals surface area contributed by atoms with E-state index >= 15 is 0 Å². The van der Waals surface area contributed by atoms with Gasteiger partial charge >= 0.3 is 0 Å². The van der Waals surface area contributed by atoms with E-state index in [1.54, 1.807) is 0 Å². The highest BCUT2D eigenvalue weighted by atomic mass is 16.3. The molecule has 0 atom stereocenters. The summed E-state index contributed by atoms with van der Waals surface area (Å²) in [5.74, 6) is 0. The van der Waals surface area contributed by atoms with Crippen molar-refractivity contribution in [1.29, 1.82) is 0 Å². The second kappa shape index (κ2) is 14.5. The summed E-state index contributed by atoms with van der Waals surface area (Å²) in [6.45, 7) is 0. The van der Waals surface area contributed by atoms with Crippen molar-refractivity contribution >= 4 is 109 Å². The minimum atomic E-state index is 0.856. The van der Waals surface area contributed by atoms with Crippen LogP contribution in [0.2, 0.25) is 0 Å². The summed E-state index contributed by atoms with van der Waals surface area (Å²) in [4.78, 5) is 0. The van der Waals surface area contributed by atoms with Crippen LogP contribution in [0.15, 0.2) is 247 Å².